The van der Waals surface area contributed by atoms with Gasteiger partial charge < -0.3 is 9.47 Å². The van der Waals surface area contributed by atoms with Gasteiger partial charge in [0.05, 0.1) is 7.11 Å². The van der Waals surface area contributed by atoms with Crippen molar-refractivity contribution in [1.29, 1.82) is 0 Å². The van der Waals surface area contributed by atoms with Gasteiger partial charge in [-0.3, -0.25) is 10.1 Å². The molecule has 0 aromatic heterocycles. The molecule has 0 radical (unpaired) electrons. The summed E-state index contributed by atoms with van der Waals surface area (Å²) in [5.74, 6) is -0.532. The van der Waals surface area contributed by atoms with E-state index in [1.807, 2.05) is 30.3 Å². The molecule has 1 N–H and O–H groups in total. The molecule has 0 unspecified atom stereocenters. The minimum Gasteiger partial charge on any atom is -0.469 e. The Bertz CT molecular complexity index is 446. The van der Waals surface area contributed by atoms with E-state index in [1.165, 1.54) is 7.11 Å². The van der Waals surface area contributed by atoms with Gasteiger partial charge in [0.15, 0.2) is 0 Å². The molecule has 5 nitrogen and oxygen atoms in total. The summed E-state index contributed by atoms with van der Waals surface area (Å²) >= 11 is 0. The molecule has 0 spiro atoms. The number of hydrogen-bond acceptors (Lipinski definition) is 5. The zero-order valence-electron chi connectivity index (χ0n) is 10.8. The van der Waals surface area contributed by atoms with Crippen LogP contribution in [0.25, 0.3) is 0 Å². The molecule has 19 heavy (non-hydrogen) atoms. The van der Waals surface area contributed by atoms with Crippen molar-refractivity contribution in [3.05, 3.63) is 35.9 Å². The predicted molar refractivity (Wildman–Crippen MR) is 68.3 cm³/mol. The van der Waals surface area contributed by atoms with Gasteiger partial charge in [-0.2, -0.15) is 0 Å². The van der Waals surface area contributed by atoms with Crippen molar-refractivity contribution in [3.8, 4) is 0 Å². The fraction of sp³-hybridized carbons (Fsp3) is 0.429. The van der Waals surface area contributed by atoms with Crippen molar-refractivity contribution in [3.63, 3.8) is 0 Å². The second-order valence-electron chi connectivity index (χ2n) is 4.45. The lowest BCUT2D eigenvalue weighted by atomic mass is 10.0. The third kappa shape index (κ3) is 3.54. The number of methoxy groups -OCH3 is 1. The topological polar surface area (TPSA) is 64.6 Å². The fourth-order valence-electron chi connectivity index (χ4n) is 2.06. The van der Waals surface area contributed by atoms with Crippen LogP contribution in [0.3, 0.4) is 0 Å². The van der Waals surface area contributed by atoms with Gasteiger partial charge >= 0.3 is 11.9 Å². The maximum absolute atomic E-state index is 11.8. The summed E-state index contributed by atoms with van der Waals surface area (Å²) < 4.78 is 9.77. The number of carbonyl (C=O) groups excluding carboxylic acids is 2. The van der Waals surface area contributed by atoms with Crippen LogP contribution in [0.15, 0.2) is 30.3 Å². The molecular weight excluding hydrogens is 246 g/mol. The van der Waals surface area contributed by atoms with Crippen LogP contribution in [0, 0.1) is 0 Å². The van der Waals surface area contributed by atoms with Gasteiger partial charge in [-0.05, 0) is 12.0 Å². The molecule has 2 rings (SSSR count). The Morgan fingerprint density at radius 1 is 1.42 bits per heavy atom. The van der Waals surface area contributed by atoms with Gasteiger partial charge in [0.2, 0.25) is 0 Å². The molecule has 0 bridgehead atoms. The largest absolute Gasteiger partial charge is 0.469 e. The van der Waals surface area contributed by atoms with Crippen LogP contribution in [0.4, 0.5) is 0 Å². The summed E-state index contributed by atoms with van der Waals surface area (Å²) in [5.41, 5.74) is 0.871. The van der Waals surface area contributed by atoms with Gasteiger partial charge in [0, 0.05) is 12.5 Å². The van der Waals surface area contributed by atoms with Crippen LogP contribution in [0.5, 0.6) is 0 Å². The molecule has 1 aromatic carbocycles. The Hall–Kier alpha value is -1.88. The van der Waals surface area contributed by atoms with Crippen LogP contribution < -0.4 is 5.32 Å². The van der Waals surface area contributed by atoms with E-state index in [2.05, 4.69) is 10.1 Å². The van der Waals surface area contributed by atoms with Crippen LogP contribution >= 0.6 is 0 Å². The average molecular weight is 263 g/mol. The van der Waals surface area contributed by atoms with Crippen molar-refractivity contribution in [2.24, 2.45) is 0 Å². The molecule has 1 aliphatic rings. The van der Waals surface area contributed by atoms with E-state index in [0.717, 1.165) is 5.56 Å². The lowest BCUT2D eigenvalue weighted by Crippen LogP contribution is -2.46. The summed E-state index contributed by atoms with van der Waals surface area (Å²) in [6.45, 7) is 0.291. The first-order chi connectivity index (χ1) is 9.20. The number of nitrogens with one attached hydrogen (secondary N) is 1. The number of hydrogen-bond donors (Lipinski definition) is 1. The van der Waals surface area contributed by atoms with Crippen molar-refractivity contribution in [1.82, 2.24) is 5.32 Å². The minimum atomic E-state index is -0.461. The summed E-state index contributed by atoms with van der Waals surface area (Å²) in [6, 6.07) is 8.92. The molecule has 0 amide bonds. The number of carbonyl (C=O) groups is 2. The molecular formula is C14H17NO4. The number of ether oxygens (including phenoxy) is 2. The highest BCUT2D eigenvalue weighted by Crippen LogP contribution is 2.20. The predicted octanol–water partition coefficient (Wildman–Crippen LogP) is 1.20. The first-order valence-corrected chi connectivity index (χ1v) is 6.25. The van der Waals surface area contributed by atoms with E-state index in [4.69, 9.17) is 4.74 Å². The number of rotatable bonds is 4. The summed E-state index contributed by atoms with van der Waals surface area (Å²) in [7, 11) is 1.36. The zero-order valence-corrected chi connectivity index (χ0v) is 10.8. The van der Waals surface area contributed by atoms with Gasteiger partial charge in [-0.25, -0.2) is 4.79 Å². The maximum Gasteiger partial charge on any atom is 0.327 e. The van der Waals surface area contributed by atoms with E-state index < -0.39 is 6.04 Å². The second-order valence-corrected chi connectivity index (χ2v) is 4.45. The van der Waals surface area contributed by atoms with Crippen molar-refractivity contribution in [2.45, 2.75) is 24.9 Å². The molecule has 0 aliphatic carbocycles. The smallest absolute Gasteiger partial charge is 0.327 e. The highest BCUT2D eigenvalue weighted by molar-refractivity contribution is 5.78. The van der Waals surface area contributed by atoms with E-state index in [0.29, 0.717) is 19.4 Å². The summed E-state index contributed by atoms with van der Waals surface area (Å²) in [5, 5.41) is 3.22. The van der Waals surface area contributed by atoms with E-state index in [1.54, 1.807) is 0 Å². The van der Waals surface area contributed by atoms with Crippen molar-refractivity contribution < 1.29 is 19.1 Å². The monoisotopic (exact) mass is 263 g/mol. The zero-order chi connectivity index (χ0) is 13.7. The molecule has 0 saturated carbocycles. The van der Waals surface area contributed by atoms with Crippen LogP contribution in [0.2, 0.25) is 0 Å². The number of cyclic esters (lactones) is 1. The number of esters is 2. The Labute approximate surface area is 111 Å². The normalized spacial score (nSPS) is 22.7. The van der Waals surface area contributed by atoms with Crippen LogP contribution in [-0.2, 0) is 19.1 Å². The van der Waals surface area contributed by atoms with E-state index >= 15 is 0 Å². The van der Waals surface area contributed by atoms with Crippen LogP contribution in [0.1, 0.15) is 24.4 Å². The van der Waals surface area contributed by atoms with Crippen LogP contribution in [-0.4, -0.2) is 31.7 Å². The summed E-state index contributed by atoms with van der Waals surface area (Å²) in [6.07, 6.45) is 0.899. The fourth-order valence-corrected chi connectivity index (χ4v) is 2.06. The van der Waals surface area contributed by atoms with Gasteiger partial charge in [-0.15, -0.1) is 0 Å². The SMILES string of the molecule is COC(=O)CC[C@@H]1COC(=O)[C@H](c2ccccc2)N1. The van der Waals surface area contributed by atoms with Gasteiger partial charge in [-0.1, -0.05) is 30.3 Å². The Morgan fingerprint density at radius 2 is 2.16 bits per heavy atom. The third-order valence-corrected chi connectivity index (χ3v) is 3.12. The highest BCUT2D eigenvalue weighted by Gasteiger charge is 2.30. The Morgan fingerprint density at radius 3 is 2.84 bits per heavy atom. The molecule has 2 atom stereocenters. The second kappa shape index (κ2) is 6.33. The summed E-state index contributed by atoms with van der Waals surface area (Å²) in [4.78, 5) is 22.9. The molecule has 1 aliphatic heterocycles. The Balaban J connectivity index is 1.97. The van der Waals surface area contributed by atoms with Gasteiger partial charge in [0.1, 0.15) is 12.6 Å². The molecule has 1 heterocycles. The molecule has 1 aromatic rings. The highest BCUT2D eigenvalue weighted by atomic mass is 16.5. The average Bonchev–Trinajstić information content (AvgIpc) is 2.47. The van der Waals surface area contributed by atoms with Gasteiger partial charge in [0.25, 0.3) is 0 Å². The lowest BCUT2D eigenvalue weighted by molar-refractivity contribution is -0.152. The standard InChI is InChI=1S/C14H17NO4/c1-18-12(16)8-7-11-9-19-14(17)13(15-11)10-5-3-2-4-6-10/h2-6,11,13,15H,7-9H2,1H3/t11-,13+/m1/s1. The first-order valence-electron chi connectivity index (χ1n) is 6.25. The van der Waals surface area contributed by atoms with Crippen molar-refractivity contribution in [2.75, 3.05) is 13.7 Å². The molecule has 102 valence electrons. The van der Waals surface area contributed by atoms with Crippen molar-refractivity contribution >= 4 is 11.9 Å². The Kier molecular flexibility index (Phi) is 4.52. The molecule has 1 fully saturated rings. The quantitative estimate of drug-likeness (QED) is 0.827. The third-order valence-electron chi connectivity index (χ3n) is 3.12. The first kappa shape index (κ1) is 13.5. The van der Waals surface area contributed by atoms with E-state index in [9.17, 15) is 9.59 Å². The molecule has 1 saturated heterocycles. The van der Waals surface area contributed by atoms with E-state index in [-0.39, 0.29) is 18.0 Å². The minimum absolute atomic E-state index is 0.0259. The maximum atomic E-state index is 11.8. The molecule has 5 heteroatoms. The number of morpholine rings is 1. The lowest BCUT2D eigenvalue weighted by Gasteiger charge is -2.30. The number of benzene rings is 1.